The highest BCUT2D eigenvalue weighted by Crippen LogP contribution is 2.09. The van der Waals surface area contributed by atoms with Crippen LogP contribution in [0.15, 0.2) is 18.5 Å². The van der Waals surface area contributed by atoms with Gasteiger partial charge in [0.25, 0.3) is 5.91 Å². The fraction of sp³-hybridized carbons (Fsp3) is 0.364. The van der Waals surface area contributed by atoms with Crippen molar-refractivity contribution in [3.8, 4) is 5.75 Å². The summed E-state index contributed by atoms with van der Waals surface area (Å²) in [5.74, 6) is -2.25. The highest BCUT2D eigenvalue weighted by Gasteiger charge is 2.21. The van der Waals surface area contributed by atoms with Crippen molar-refractivity contribution < 1.29 is 19.8 Å². The summed E-state index contributed by atoms with van der Waals surface area (Å²) in [7, 11) is 0. The summed E-state index contributed by atoms with van der Waals surface area (Å²) >= 11 is 0. The maximum atomic E-state index is 11.7. The maximum Gasteiger partial charge on any atom is 0.308 e. The second kappa shape index (κ2) is 5.29. The summed E-state index contributed by atoms with van der Waals surface area (Å²) in [4.78, 5) is 26.1. The van der Waals surface area contributed by atoms with Crippen LogP contribution in [0.5, 0.6) is 5.75 Å². The van der Waals surface area contributed by atoms with Gasteiger partial charge in [-0.3, -0.25) is 14.6 Å². The standard InChI is InChI=1S/C11H14N2O4/c1-6(11(16)17)7(2)13-10(15)8-3-9(14)5-12-4-8/h3-7,14H,1-2H3,(H,13,15)(H,16,17). The lowest BCUT2D eigenvalue weighted by molar-refractivity contribution is -0.141. The molecule has 0 saturated heterocycles. The van der Waals surface area contributed by atoms with E-state index in [0.717, 1.165) is 0 Å². The molecule has 0 aliphatic heterocycles. The third-order valence-electron chi connectivity index (χ3n) is 2.48. The summed E-state index contributed by atoms with van der Waals surface area (Å²) in [6, 6.07) is 0.753. The molecule has 1 aromatic heterocycles. The topological polar surface area (TPSA) is 99.5 Å². The van der Waals surface area contributed by atoms with Gasteiger partial charge in [0.1, 0.15) is 5.75 Å². The fourth-order valence-corrected chi connectivity index (χ4v) is 1.18. The lowest BCUT2D eigenvalue weighted by Crippen LogP contribution is -2.40. The van der Waals surface area contributed by atoms with E-state index in [1.54, 1.807) is 6.92 Å². The maximum absolute atomic E-state index is 11.7. The number of amides is 1. The van der Waals surface area contributed by atoms with Gasteiger partial charge in [0.15, 0.2) is 0 Å². The number of carbonyl (C=O) groups is 2. The van der Waals surface area contributed by atoms with Crippen LogP contribution in [-0.4, -0.2) is 33.1 Å². The van der Waals surface area contributed by atoms with Crippen LogP contribution in [0.4, 0.5) is 0 Å². The minimum absolute atomic E-state index is 0.114. The first-order valence-electron chi connectivity index (χ1n) is 5.09. The Bertz CT molecular complexity index is 433. The molecule has 0 aromatic carbocycles. The lowest BCUT2D eigenvalue weighted by Gasteiger charge is -2.17. The Hall–Kier alpha value is -2.11. The van der Waals surface area contributed by atoms with Crippen molar-refractivity contribution in [1.29, 1.82) is 0 Å². The van der Waals surface area contributed by atoms with E-state index in [1.807, 2.05) is 0 Å². The number of rotatable bonds is 4. The van der Waals surface area contributed by atoms with E-state index in [2.05, 4.69) is 10.3 Å². The Morgan fingerprint density at radius 1 is 1.35 bits per heavy atom. The van der Waals surface area contributed by atoms with Crippen LogP contribution in [0, 0.1) is 5.92 Å². The summed E-state index contributed by atoms with van der Waals surface area (Å²) in [6.45, 7) is 3.11. The first kappa shape index (κ1) is 13.0. The minimum atomic E-state index is -0.980. The molecule has 0 bridgehead atoms. The second-order valence-electron chi connectivity index (χ2n) is 3.82. The van der Waals surface area contributed by atoms with Crippen molar-refractivity contribution in [3.63, 3.8) is 0 Å². The van der Waals surface area contributed by atoms with Gasteiger partial charge in [-0.2, -0.15) is 0 Å². The summed E-state index contributed by atoms with van der Waals surface area (Å²) in [5, 5.41) is 20.5. The number of nitrogens with one attached hydrogen (secondary N) is 1. The van der Waals surface area contributed by atoms with E-state index in [9.17, 15) is 9.59 Å². The number of aliphatic carboxylic acids is 1. The summed E-state index contributed by atoms with van der Waals surface area (Å²) in [5.41, 5.74) is 0.189. The molecule has 0 aliphatic carbocycles. The number of carboxylic acid groups (broad SMARTS) is 1. The molecule has 1 amide bonds. The van der Waals surface area contributed by atoms with Crippen LogP contribution in [-0.2, 0) is 4.79 Å². The Labute approximate surface area is 98.3 Å². The molecule has 2 unspecified atom stereocenters. The molecule has 92 valence electrons. The third kappa shape index (κ3) is 3.44. The highest BCUT2D eigenvalue weighted by atomic mass is 16.4. The van der Waals surface area contributed by atoms with Crippen LogP contribution in [0.2, 0.25) is 0 Å². The van der Waals surface area contributed by atoms with Gasteiger partial charge in [0, 0.05) is 12.2 Å². The SMILES string of the molecule is CC(NC(=O)c1cncc(O)c1)C(C)C(=O)O. The number of carboxylic acids is 1. The molecule has 0 fully saturated rings. The van der Waals surface area contributed by atoms with Crippen molar-refractivity contribution in [2.45, 2.75) is 19.9 Å². The van der Waals surface area contributed by atoms with Crippen molar-refractivity contribution in [1.82, 2.24) is 10.3 Å². The number of nitrogens with zero attached hydrogens (tertiary/aromatic N) is 1. The van der Waals surface area contributed by atoms with E-state index in [1.165, 1.54) is 25.4 Å². The molecule has 6 heteroatoms. The zero-order chi connectivity index (χ0) is 13.0. The average Bonchev–Trinajstić information content (AvgIpc) is 2.27. The van der Waals surface area contributed by atoms with Crippen molar-refractivity contribution in [2.24, 2.45) is 5.92 Å². The molecular formula is C11H14N2O4. The van der Waals surface area contributed by atoms with E-state index < -0.39 is 23.8 Å². The molecule has 1 aromatic rings. The normalized spacial score (nSPS) is 13.8. The molecule has 0 saturated carbocycles. The fourth-order valence-electron chi connectivity index (χ4n) is 1.18. The zero-order valence-corrected chi connectivity index (χ0v) is 9.54. The van der Waals surface area contributed by atoms with Crippen molar-refractivity contribution in [2.75, 3.05) is 0 Å². The molecule has 3 N–H and O–H groups in total. The quantitative estimate of drug-likeness (QED) is 0.714. The van der Waals surface area contributed by atoms with E-state index >= 15 is 0 Å². The number of aromatic hydroxyl groups is 1. The lowest BCUT2D eigenvalue weighted by atomic mass is 10.0. The number of aromatic nitrogens is 1. The van der Waals surface area contributed by atoms with Gasteiger partial charge in [-0.1, -0.05) is 0 Å². The Morgan fingerprint density at radius 2 is 2.00 bits per heavy atom. The first-order valence-corrected chi connectivity index (χ1v) is 5.09. The number of pyridine rings is 1. The van der Waals surface area contributed by atoms with Gasteiger partial charge < -0.3 is 15.5 Å². The van der Waals surface area contributed by atoms with E-state index in [0.29, 0.717) is 0 Å². The van der Waals surface area contributed by atoms with E-state index in [-0.39, 0.29) is 11.3 Å². The van der Waals surface area contributed by atoms with Crippen LogP contribution in [0.1, 0.15) is 24.2 Å². The summed E-state index contributed by atoms with van der Waals surface area (Å²) < 4.78 is 0. The number of hydrogen-bond acceptors (Lipinski definition) is 4. The minimum Gasteiger partial charge on any atom is -0.506 e. The van der Waals surface area contributed by atoms with Gasteiger partial charge in [0.05, 0.1) is 17.7 Å². The first-order chi connectivity index (χ1) is 7.91. The predicted molar refractivity (Wildman–Crippen MR) is 59.6 cm³/mol. The Balaban J connectivity index is 2.70. The van der Waals surface area contributed by atoms with Crippen LogP contribution < -0.4 is 5.32 Å². The van der Waals surface area contributed by atoms with Gasteiger partial charge in [0.2, 0.25) is 0 Å². The monoisotopic (exact) mass is 238 g/mol. The number of hydrogen-bond donors (Lipinski definition) is 3. The van der Waals surface area contributed by atoms with Crippen LogP contribution in [0.25, 0.3) is 0 Å². The van der Waals surface area contributed by atoms with Crippen LogP contribution >= 0.6 is 0 Å². The summed E-state index contributed by atoms with van der Waals surface area (Å²) in [6.07, 6.45) is 2.51. The van der Waals surface area contributed by atoms with E-state index in [4.69, 9.17) is 10.2 Å². The highest BCUT2D eigenvalue weighted by molar-refractivity contribution is 5.94. The molecule has 0 aliphatic rings. The van der Waals surface area contributed by atoms with Crippen molar-refractivity contribution >= 4 is 11.9 Å². The molecule has 6 nitrogen and oxygen atoms in total. The van der Waals surface area contributed by atoms with Gasteiger partial charge >= 0.3 is 5.97 Å². The molecule has 1 rings (SSSR count). The van der Waals surface area contributed by atoms with Gasteiger partial charge in [-0.25, -0.2) is 0 Å². The largest absolute Gasteiger partial charge is 0.506 e. The van der Waals surface area contributed by atoms with Gasteiger partial charge in [-0.15, -0.1) is 0 Å². The Kier molecular flexibility index (Phi) is 4.03. The predicted octanol–water partition coefficient (Wildman–Crippen LogP) is 0.626. The molecule has 0 spiro atoms. The van der Waals surface area contributed by atoms with Gasteiger partial charge in [-0.05, 0) is 19.9 Å². The number of carbonyl (C=O) groups excluding carboxylic acids is 1. The molecule has 0 radical (unpaired) electrons. The second-order valence-corrected chi connectivity index (χ2v) is 3.82. The average molecular weight is 238 g/mol. The van der Waals surface area contributed by atoms with Crippen LogP contribution in [0.3, 0.4) is 0 Å². The molecular weight excluding hydrogens is 224 g/mol. The molecule has 17 heavy (non-hydrogen) atoms. The smallest absolute Gasteiger partial charge is 0.308 e. The van der Waals surface area contributed by atoms with Crippen molar-refractivity contribution in [3.05, 3.63) is 24.0 Å². The molecule has 1 heterocycles. The Morgan fingerprint density at radius 3 is 2.53 bits per heavy atom. The third-order valence-corrected chi connectivity index (χ3v) is 2.48. The molecule has 2 atom stereocenters. The zero-order valence-electron chi connectivity index (χ0n) is 9.54.